The molecule has 3 rings (SSSR count). The van der Waals surface area contributed by atoms with Gasteiger partial charge in [-0.1, -0.05) is 0 Å². The molecule has 1 aromatic heterocycles. The monoisotopic (exact) mass is 480 g/mol. The van der Waals surface area contributed by atoms with Crippen LogP contribution >= 0.6 is 11.8 Å². The molecule has 2 aromatic carbocycles. The quantitative estimate of drug-likeness (QED) is 0.372. The summed E-state index contributed by atoms with van der Waals surface area (Å²) in [5.74, 6) is -0.292. The molecule has 1 heterocycles. The van der Waals surface area contributed by atoms with Crippen LogP contribution in [0.15, 0.2) is 57.3 Å². The van der Waals surface area contributed by atoms with Gasteiger partial charge in [0.2, 0.25) is 15.7 Å². The molecule has 0 aliphatic carbocycles. The molecule has 3 aromatic rings. The van der Waals surface area contributed by atoms with E-state index in [1.54, 1.807) is 24.5 Å². The number of methoxy groups -OCH3 is 2. The van der Waals surface area contributed by atoms with Gasteiger partial charge in [0.25, 0.3) is 0 Å². The number of carbonyl (C=O) groups is 1. The van der Waals surface area contributed by atoms with Gasteiger partial charge in [-0.25, -0.2) is 17.5 Å². The Morgan fingerprint density at radius 1 is 1.16 bits per heavy atom. The molecule has 0 saturated carbocycles. The number of aromatic nitrogens is 2. The molecule has 0 bridgehead atoms. The zero-order valence-electron chi connectivity index (χ0n) is 17.5. The molecular weight excluding hydrogens is 459 g/mol. The number of benzene rings is 2. The average molecular weight is 481 g/mol. The second-order valence-corrected chi connectivity index (χ2v) is 9.17. The zero-order valence-corrected chi connectivity index (χ0v) is 19.1. The van der Waals surface area contributed by atoms with Crippen LogP contribution < -0.4 is 20.5 Å². The number of nitrogen functional groups attached to an aromatic ring is 1. The number of hydrogen-bond donors (Lipinski definition) is 2. The van der Waals surface area contributed by atoms with Crippen LogP contribution in [0.25, 0.3) is 0 Å². The number of halogens is 1. The van der Waals surface area contributed by atoms with Gasteiger partial charge in [-0.2, -0.15) is 5.10 Å². The number of nitrogens with one attached hydrogen (secondary N) is 1. The number of nitrogens with zero attached hydrogens (tertiary/aromatic N) is 2. The number of thioether (sulfide) groups is 1. The van der Waals surface area contributed by atoms with Crippen molar-refractivity contribution >= 4 is 39.0 Å². The van der Waals surface area contributed by atoms with E-state index in [9.17, 15) is 17.6 Å². The maximum atomic E-state index is 13.2. The first kappa shape index (κ1) is 23.4. The summed E-state index contributed by atoms with van der Waals surface area (Å²) in [6.45, 7) is -0.335. The predicted octanol–water partition coefficient (Wildman–Crippen LogP) is 2.82. The predicted molar refractivity (Wildman–Crippen MR) is 118 cm³/mol. The van der Waals surface area contributed by atoms with Gasteiger partial charge >= 0.3 is 0 Å². The van der Waals surface area contributed by atoms with E-state index in [1.165, 1.54) is 14.2 Å². The highest BCUT2D eigenvalue weighted by Gasteiger charge is 2.29. The Morgan fingerprint density at radius 3 is 2.28 bits per heavy atom. The van der Waals surface area contributed by atoms with Crippen LogP contribution in [-0.2, 0) is 21.2 Å². The lowest BCUT2D eigenvalue weighted by molar-refractivity contribution is -0.116. The van der Waals surface area contributed by atoms with E-state index in [2.05, 4.69) is 10.4 Å². The van der Waals surface area contributed by atoms with E-state index >= 15 is 0 Å². The van der Waals surface area contributed by atoms with Crippen LogP contribution in [0.5, 0.6) is 11.5 Å². The topological polar surface area (TPSA) is 126 Å². The van der Waals surface area contributed by atoms with Crippen molar-refractivity contribution in [3.8, 4) is 11.5 Å². The standard InChI is InChI=1S/C20H21FN4O5S2/c1-29-14-8-13(9-15(10-14)30-2)23-17(26)11-25-19(22)18(20(24-25)31-3)32(27,28)16-6-4-12(21)5-7-16/h4-10H,11,22H2,1-3H3,(H,23,26). The van der Waals surface area contributed by atoms with Crippen molar-refractivity contribution in [1.82, 2.24) is 9.78 Å². The molecule has 9 nitrogen and oxygen atoms in total. The highest BCUT2D eigenvalue weighted by Crippen LogP contribution is 2.34. The molecule has 0 fully saturated rings. The van der Waals surface area contributed by atoms with Crippen molar-refractivity contribution in [1.29, 1.82) is 0 Å². The molecule has 32 heavy (non-hydrogen) atoms. The summed E-state index contributed by atoms with van der Waals surface area (Å²) in [7, 11) is -1.11. The second-order valence-electron chi connectivity index (χ2n) is 6.49. The third-order valence-corrected chi connectivity index (χ3v) is 7.07. The minimum absolute atomic E-state index is 0.127. The molecule has 0 saturated heterocycles. The van der Waals surface area contributed by atoms with Crippen LogP contribution in [0, 0.1) is 5.82 Å². The number of anilines is 2. The Balaban J connectivity index is 1.90. The van der Waals surface area contributed by atoms with Crippen LogP contribution in [0.1, 0.15) is 0 Å². The molecule has 0 radical (unpaired) electrons. The minimum Gasteiger partial charge on any atom is -0.497 e. The van der Waals surface area contributed by atoms with Crippen LogP contribution in [-0.4, -0.2) is 44.6 Å². The molecule has 12 heteroatoms. The first-order valence-electron chi connectivity index (χ1n) is 9.13. The lowest BCUT2D eigenvalue weighted by Gasteiger charge is -2.10. The minimum atomic E-state index is -4.08. The second kappa shape index (κ2) is 9.49. The summed E-state index contributed by atoms with van der Waals surface area (Å²) < 4.78 is 50.8. The third kappa shape index (κ3) is 4.81. The zero-order chi connectivity index (χ0) is 23.5. The highest BCUT2D eigenvalue weighted by atomic mass is 32.2. The summed E-state index contributed by atoms with van der Waals surface area (Å²) in [5.41, 5.74) is 6.50. The van der Waals surface area contributed by atoms with Gasteiger partial charge in [-0.15, -0.1) is 11.8 Å². The number of nitrogens with two attached hydrogens (primary N) is 1. The van der Waals surface area contributed by atoms with Gasteiger partial charge in [0.05, 0.1) is 19.1 Å². The van der Waals surface area contributed by atoms with Gasteiger partial charge in [0.1, 0.15) is 39.6 Å². The van der Waals surface area contributed by atoms with Gasteiger partial charge in [0.15, 0.2) is 0 Å². The summed E-state index contributed by atoms with van der Waals surface area (Å²) in [5, 5.41) is 6.98. The normalized spacial score (nSPS) is 11.2. The van der Waals surface area contributed by atoms with Crippen molar-refractivity contribution in [2.24, 2.45) is 0 Å². The molecule has 0 unspecified atom stereocenters. The lowest BCUT2D eigenvalue weighted by Crippen LogP contribution is -2.21. The van der Waals surface area contributed by atoms with E-state index in [4.69, 9.17) is 15.2 Å². The molecule has 0 aliphatic rings. The molecule has 3 N–H and O–H groups in total. The maximum Gasteiger partial charge on any atom is 0.246 e. The number of amides is 1. The van der Waals surface area contributed by atoms with Crippen LogP contribution in [0.3, 0.4) is 0 Å². The number of ether oxygens (including phenoxy) is 2. The Bertz CT molecular complexity index is 1220. The summed E-state index contributed by atoms with van der Waals surface area (Å²) in [6.07, 6.45) is 1.64. The fraction of sp³-hybridized carbons (Fsp3) is 0.200. The fourth-order valence-corrected chi connectivity index (χ4v) is 5.32. The molecule has 0 atom stereocenters. The fourth-order valence-electron chi connectivity index (χ4n) is 2.89. The summed E-state index contributed by atoms with van der Waals surface area (Å²) in [4.78, 5) is 12.2. The smallest absolute Gasteiger partial charge is 0.246 e. The van der Waals surface area contributed by atoms with Crippen molar-refractivity contribution in [2.45, 2.75) is 21.4 Å². The third-order valence-electron chi connectivity index (χ3n) is 4.43. The molecule has 0 aliphatic heterocycles. The number of carbonyl (C=O) groups excluding carboxylic acids is 1. The summed E-state index contributed by atoms with van der Waals surface area (Å²) >= 11 is 1.07. The van der Waals surface area contributed by atoms with Crippen molar-refractivity contribution in [2.75, 3.05) is 31.5 Å². The Kier molecular flexibility index (Phi) is 6.94. The summed E-state index contributed by atoms with van der Waals surface area (Å²) in [6, 6.07) is 9.24. The van der Waals surface area contributed by atoms with Gasteiger partial charge in [0, 0.05) is 23.9 Å². The number of sulfone groups is 1. The van der Waals surface area contributed by atoms with Crippen LogP contribution in [0.4, 0.5) is 15.9 Å². The lowest BCUT2D eigenvalue weighted by atomic mass is 10.2. The van der Waals surface area contributed by atoms with Crippen molar-refractivity contribution in [3.63, 3.8) is 0 Å². The van der Waals surface area contributed by atoms with Gasteiger partial charge in [-0.3, -0.25) is 4.79 Å². The van der Waals surface area contributed by atoms with E-state index < -0.39 is 21.6 Å². The van der Waals surface area contributed by atoms with E-state index in [-0.39, 0.29) is 27.2 Å². The van der Waals surface area contributed by atoms with Crippen LogP contribution in [0.2, 0.25) is 0 Å². The van der Waals surface area contributed by atoms with Crippen molar-refractivity contribution < 1.29 is 27.1 Å². The van der Waals surface area contributed by atoms with E-state index in [0.717, 1.165) is 40.7 Å². The maximum absolute atomic E-state index is 13.2. The molecule has 170 valence electrons. The Morgan fingerprint density at radius 2 is 1.75 bits per heavy atom. The van der Waals surface area contributed by atoms with Crippen molar-refractivity contribution in [3.05, 3.63) is 48.3 Å². The van der Waals surface area contributed by atoms with E-state index in [1.807, 2.05) is 0 Å². The first-order valence-corrected chi connectivity index (χ1v) is 11.8. The van der Waals surface area contributed by atoms with Gasteiger partial charge in [-0.05, 0) is 30.5 Å². The first-order chi connectivity index (χ1) is 15.2. The molecular formula is C20H21FN4O5S2. The molecule has 1 amide bonds. The van der Waals surface area contributed by atoms with E-state index in [0.29, 0.717) is 17.2 Å². The number of rotatable bonds is 8. The Hall–Kier alpha value is -3.25. The average Bonchev–Trinajstić information content (AvgIpc) is 3.09. The Labute approximate surface area is 188 Å². The number of hydrogen-bond acceptors (Lipinski definition) is 8. The SMILES string of the molecule is COc1cc(NC(=O)Cn2nc(SC)c(S(=O)(=O)c3ccc(F)cc3)c2N)cc(OC)c1. The van der Waals surface area contributed by atoms with Gasteiger partial charge < -0.3 is 20.5 Å². The molecule has 0 spiro atoms. The largest absolute Gasteiger partial charge is 0.497 e. The highest BCUT2D eigenvalue weighted by molar-refractivity contribution is 7.99.